The first-order valence-corrected chi connectivity index (χ1v) is 14.7. The molecule has 0 spiro atoms. The van der Waals surface area contributed by atoms with Crippen molar-refractivity contribution in [2.75, 3.05) is 62.0 Å². The first kappa shape index (κ1) is 28.5. The number of methoxy groups -OCH3 is 1. The number of piperidine rings is 1. The van der Waals surface area contributed by atoms with Gasteiger partial charge in [-0.25, -0.2) is 9.71 Å². The van der Waals surface area contributed by atoms with Crippen LogP contribution in [0.4, 0.5) is 28.8 Å². The Morgan fingerprint density at radius 2 is 1.88 bits per heavy atom. The quantitative estimate of drug-likeness (QED) is 0.302. The summed E-state index contributed by atoms with van der Waals surface area (Å²) in [5.41, 5.74) is 3.25. The summed E-state index contributed by atoms with van der Waals surface area (Å²) in [6.45, 7) is 5.83. The number of hydrogen-bond acceptors (Lipinski definition) is 10. The van der Waals surface area contributed by atoms with Gasteiger partial charge in [0.15, 0.2) is 5.82 Å². The van der Waals surface area contributed by atoms with E-state index in [1.165, 1.54) is 6.20 Å². The van der Waals surface area contributed by atoms with E-state index in [2.05, 4.69) is 41.2 Å². The smallest absolute Gasteiger partial charge is 0.229 e. The van der Waals surface area contributed by atoms with E-state index in [-0.39, 0.29) is 6.54 Å². The van der Waals surface area contributed by atoms with Crippen molar-refractivity contribution in [1.82, 2.24) is 19.6 Å². The van der Waals surface area contributed by atoms with Gasteiger partial charge in [-0.15, -0.1) is 0 Å². The largest absolute Gasteiger partial charge is 0.760 e. The van der Waals surface area contributed by atoms with Gasteiger partial charge in [-0.1, -0.05) is 29.8 Å². The molecule has 2 aliphatic heterocycles. The molecule has 2 saturated heterocycles. The SMILES string of the molecule is COc1cc(N2CCC(N3CCOCC3)CC2)ccc1Nc1ncc(Cl)c(Nc2ccccc2CNS(=O)[O-])n1. The van der Waals surface area contributed by atoms with Crippen molar-refractivity contribution in [3.05, 3.63) is 59.2 Å². The fourth-order valence-electron chi connectivity index (χ4n) is 5.11. The molecule has 0 radical (unpaired) electrons. The van der Waals surface area contributed by atoms with Gasteiger partial charge in [0.25, 0.3) is 0 Å². The van der Waals surface area contributed by atoms with Crippen LogP contribution in [0.2, 0.25) is 5.02 Å². The number of anilines is 5. The predicted octanol–water partition coefficient (Wildman–Crippen LogP) is 3.81. The van der Waals surface area contributed by atoms with Crippen molar-refractivity contribution in [3.63, 3.8) is 0 Å². The highest BCUT2D eigenvalue weighted by atomic mass is 35.5. The second-order valence-electron chi connectivity index (χ2n) is 9.60. The van der Waals surface area contributed by atoms with Crippen molar-refractivity contribution in [2.24, 2.45) is 0 Å². The number of rotatable bonds is 10. The third kappa shape index (κ3) is 7.19. The van der Waals surface area contributed by atoms with E-state index in [4.69, 9.17) is 21.1 Å². The van der Waals surface area contributed by atoms with E-state index in [1.54, 1.807) is 7.11 Å². The van der Waals surface area contributed by atoms with Crippen LogP contribution < -0.4 is 25.0 Å². The first-order chi connectivity index (χ1) is 19.5. The van der Waals surface area contributed by atoms with Crippen molar-refractivity contribution in [1.29, 1.82) is 0 Å². The Hall–Kier alpha value is -3.00. The van der Waals surface area contributed by atoms with Crippen LogP contribution >= 0.6 is 11.6 Å². The predicted molar refractivity (Wildman–Crippen MR) is 156 cm³/mol. The van der Waals surface area contributed by atoms with Gasteiger partial charge < -0.3 is 29.6 Å². The summed E-state index contributed by atoms with van der Waals surface area (Å²) in [4.78, 5) is 13.8. The van der Waals surface area contributed by atoms with Crippen LogP contribution in [-0.4, -0.2) is 76.2 Å². The maximum atomic E-state index is 11.0. The van der Waals surface area contributed by atoms with Gasteiger partial charge in [-0.05, 0) is 36.6 Å². The Morgan fingerprint density at radius 3 is 2.62 bits per heavy atom. The molecule has 0 bridgehead atoms. The molecular weight excluding hydrogens is 554 g/mol. The standard InChI is InChI=1S/C27H34ClN7O4S/c1-38-25-16-21(34-10-8-20(9-11-34)35-12-14-39-15-13-35)6-7-24(25)32-27-29-18-22(28)26(33-27)31-23-5-3-2-4-19(23)17-30-40(36)37/h2-7,16,18,20,30H,8-15,17H2,1H3,(H,36,37)(H2,29,31,32,33)/p-1. The second kappa shape index (κ2) is 13.6. The van der Waals surface area contributed by atoms with Crippen molar-refractivity contribution in [2.45, 2.75) is 25.4 Å². The van der Waals surface area contributed by atoms with Crippen molar-refractivity contribution >= 4 is 51.7 Å². The van der Waals surface area contributed by atoms with Gasteiger partial charge >= 0.3 is 0 Å². The summed E-state index contributed by atoms with van der Waals surface area (Å²) in [6, 6.07) is 14.0. The molecule has 5 rings (SSSR count). The van der Waals surface area contributed by atoms with E-state index >= 15 is 0 Å². The maximum absolute atomic E-state index is 11.0. The Kier molecular flexibility index (Phi) is 9.68. The van der Waals surface area contributed by atoms with E-state index in [9.17, 15) is 8.76 Å². The Morgan fingerprint density at radius 1 is 1.10 bits per heavy atom. The molecule has 13 heteroatoms. The van der Waals surface area contributed by atoms with Gasteiger partial charge in [0.05, 0.1) is 32.2 Å². The molecule has 0 amide bonds. The van der Waals surface area contributed by atoms with E-state index < -0.39 is 11.3 Å². The molecule has 40 heavy (non-hydrogen) atoms. The Bertz CT molecular complexity index is 1320. The normalized spacial score (nSPS) is 17.4. The number of hydrogen-bond donors (Lipinski definition) is 3. The summed E-state index contributed by atoms with van der Waals surface area (Å²) >= 11 is 4.01. The number of aromatic nitrogens is 2. The maximum Gasteiger partial charge on any atom is 0.229 e. The van der Waals surface area contributed by atoms with Crippen LogP contribution in [0.25, 0.3) is 0 Å². The Labute approximate surface area is 241 Å². The minimum absolute atomic E-state index is 0.127. The number of halogens is 1. The minimum Gasteiger partial charge on any atom is -0.760 e. The zero-order chi connectivity index (χ0) is 27.9. The van der Waals surface area contributed by atoms with Crippen LogP contribution in [0.5, 0.6) is 5.75 Å². The van der Waals surface area contributed by atoms with Gasteiger partial charge in [0.1, 0.15) is 10.8 Å². The lowest BCUT2D eigenvalue weighted by Crippen LogP contribution is -2.49. The van der Waals surface area contributed by atoms with Crippen molar-refractivity contribution < 1.29 is 18.2 Å². The fourth-order valence-corrected chi connectivity index (χ4v) is 5.52. The highest BCUT2D eigenvalue weighted by molar-refractivity contribution is 7.77. The molecule has 0 saturated carbocycles. The summed E-state index contributed by atoms with van der Waals surface area (Å²) < 4.78 is 35.5. The average Bonchev–Trinajstić information content (AvgIpc) is 2.99. The zero-order valence-electron chi connectivity index (χ0n) is 22.3. The number of nitrogens with zero attached hydrogens (tertiary/aromatic N) is 4. The molecule has 3 N–H and O–H groups in total. The molecule has 1 atom stereocenters. The van der Waals surface area contributed by atoms with Crippen molar-refractivity contribution in [3.8, 4) is 5.75 Å². The number of para-hydroxylation sites is 1. The molecule has 3 aromatic rings. The molecule has 1 unspecified atom stereocenters. The topological polar surface area (TPSA) is 127 Å². The Balaban J connectivity index is 1.26. The summed E-state index contributed by atoms with van der Waals surface area (Å²) in [6.07, 6.45) is 3.77. The van der Waals surface area contributed by atoms with E-state index in [0.717, 1.165) is 69.2 Å². The third-order valence-electron chi connectivity index (χ3n) is 7.22. The molecule has 0 aliphatic carbocycles. The van der Waals surface area contributed by atoms with Crippen LogP contribution in [-0.2, 0) is 22.5 Å². The average molecular weight is 587 g/mol. The monoisotopic (exact) mass is 586 g/mol. The number of ether oxygens (including phenoxy) is 2. The number of benzene rings is 2. The van der Waals surface area contributed by atoms with Crippen LogP contribution in [0, 0.1) is 0 Å². The summed E-state index contributed by atoms with van der Waals surface area (Å²) in [5, 5.41) is 6.74. The molecule has 214 valence electrons. The molecule has 3 heterocycles. The van der Waals surface area contributed by atoms with Crippen LogP contribution in [0.1, 0.15) is 18.4 Å². The lowest BCUT2D eigenvalue weighted by Gasteiger charge is -2.40. The molecule has 2 aromatic carbocycles. The lowest BCUT2D eigenvalue weighted by atomic mass is 10.0. The molecule has 1 aromatic heterocycles. The summed E-state index contributed by atoms with van der Waals surface area (Å²) in [7, 11) is 1.64. The lowest BCUT2D eigenvalue weighted by molar-refractivity contribution is 0.0115. The molecule has 2 fully saturated rings. The fraction of sp³-hybridized carbons (Fsp3) is 0.407. The minimum atomic E-state index is -2.37. The van der Waals surface area contributed by atoms with Crippen LogP contribution in [0.3, 0.4) is 0 Å². The number of morpholine rings is 1. The van der Waals surface area contributed by atoms with E-state index in [1.807, 2.05) is 36.4 Å². The summed E-state index contributed by atoms with van der Waals surface area (Å²) in [5.74, 6) is 1.40. The highest BCUT2D eigenvalue weighted by Gasteiger charge is 2.26. The van der Waals surface area contributed by atoms with Gasteiger partial charge in [-0.3, -0.25) is 9.11 Å². The van der Waals surface area contributed by atoms with Gasteiger partial charge in [0, 0.05) is 67.5 Å². The van der Waals surface area contributed by atoms with Crippen LogP contribution in [0.15, 0.2) is 48.7 Å². The molecular formula is C27H33ClN7O4S-. The first-order valence-electron chi connectivity index (χ1n) is 13.2. The van der Waals surface area contributed by atoms with Gasteiger partial charge in [0.2, 0.25) is 5.95 Å². The number of nitrogens with one attached hydrogen (secondary N) is 3. The molecule has 2 aliphatic rings. The van der Waals surface area contributed by atoms with E-state index in [0.29, 0.717) is 34.3 Å². The zero-order valence-corrected chi connectivity index (χ0v) is 23.8. The second-order valence-corrected chi connectivity index (χ2v) is 10.8. The molecule has 11 nitrogen and oxygen atoms in total. The highest BCUT2D eigenvalue weighted by Crippen LogP contribution is 2.34. The third-order valence-corrected chi connectivity index (χ3v) is 7.87. The van der Waals surface area contributed by atoms with Gasteiger partial charge in [-0.2, -0.15) is 4.98 Å².